The minimum atomic E-state index is -0.363. The van der Waals surface area contributed by atoms with Crippen molar-refractivity contribution in [2.45, 2.75) is 13.8 Å². The first kappa shape index (κ1) is 15.7. The number of carbonyl (C=O) groups excluding carboxylic acids is 1. The number of aryl methyl sites for hydroxylation is 3. The summed E-state index contributed by atoms with van der Waals surface area (Å²) in [6, 6.07) is 11.3. The number of hydrogen-bond donors (Lipinski definition) is 1. The summed E-state index contributed by atoms with van der Waals surface area (Å²) in [5, 5.41) is 2.55. The van der Waals surface area contributed by atoms with E-state index in [9.17, 15) is 9.59 Å². The van der Waals surface area contributed by atoms with Gasteiger partial charge in [0, 0.05) is 42.1 Å². The van der Waals surface area contributed by atoms with E-state index < -0.39 is 0 Å². The first-order valence-corrected chi connectivity index (χ1v) is 7.56. The van der Waals surface area contributed by atoms with Crippen LogP contribution in [0.4, 0.5) is 5.82 Å². The van der Waals surface area contributed by atoms with Crippen molar-refractivity contribution in [1.29, 1.82) is 0 Å². The van der Waals surface area contributed by atoms with Crippen LogP contribution in [-0.4, -0.2) is 20.0 Å². The molecule has 0 unspecified atom stereocenters. The van der Waals surface area contributed by atoms with Gasteiger partial charge in [0.2, 0.25) is 0 Å². The van der Waals surface area contributed by atoms with E-state index in [4.69, 9.17) is 0 Å². The molecule has 0 radical (unpaired) electrons. The van der Waals surface area contributed by atoms with Crippen LogP contribution in [0.1, 0.15) is 21.7 Å². The number of carbonyl (C=O) groups is 1. The Bertz CT molecular complexity index is 932. The summed E-state index contributed by atoms with van der Waals surface area (Å²) >= 11 is 0. The van der Waals surface area contributed by atoms with Gasteiger partial charge in [-0.05, 0) is 50.2 Å². The molecule has 1 aromatic carbocycles. The molecule has 2 aromatic heterocycles. The van der Waals surface area contributed by atoms with E-state index in [0.717, 1.165) is 17.1 Å². The van der Waals surface area contributed by atoms with Gasteiger partial charge in [-0.15, -0.1) is 0 Å². The first-order valence-electron chi connectivity index (χ1n) is 7.56. The highest BCUT2D eigenvalue weighted by atomic mass is 16.2. The summed E-state index contributed by atoms with van der Waals surface area (Å²) in [6.07, 6.45) is 3.01. The van der Waals surface area contributed by atoms with Gasteiger partial charge >= 0.3 is 0 Å². The van der Waals surface area contributed by atoms with Crippen LogP contribution in [0, 0.1) is 13.8 Å². The maximum absolute atomic E-state index is 12.3. The standard InChI is InChI=1S/C18H18N4O2/c1-12-4-5-13(2)22(12)15-8-6-14(7-9-15)17(23)20-16-18(24)21(3)11-10-19-16/h4-11H,1-3H3,(H,19,20,23). The molecule has 1 N–H and O–H groups in total. The molecule has 0 saturated carbocycles. The predicted molar refractivity (Wildman–Crippen MR) is 92.7 cm³/mol. The summed E-state index contributed by atoms with van der Waals surface area (Å²) in [7, 11) is 1.61. The Morgan fingerprint density at radius 2 is 1.67 bits per heavy atom. The Morgan fingerprint density at radius 1 is 1.04 bits per heavy atom. The fourth-order valence-corrected chi connectivity index (χ4v) is 2.60. The molecule has 6 heteroatoms. The van der Waals surface area contributed by atoms with Crippen LogP contribution in [0.3, 0.4) is 0 Å². The van der Waals surface area contributed by atoms with Gasteiger partial charge in [-0.25, -0.2) is 4.98 Å². The monoisotopic (exact) mass is 322 g/mol. The molecular formula is C18H18N4O2. The van der Waals surface area contributed by atoms with Crippen molar-refractivity contribution in [1.82, 2.24) is 14.1 Å². The summed E-state index contributed by atoms with van der Waals surface area (Å²) in [4.78, 5) is 28.1. The Labute approximate surface area is 139 Å². The molecule has 0 atom stereocenters. The summed E-state index contributed by atoms with van der Waals surface area (Å²) in [6.45, 7) is 4.06. The third-order valence-electron chi connectivity index (χ3n) is 3.91. The molecule has 122 valence electrons. The van der Waals surface area contributed by atoms with Crippen LogP contribution < -0.4 is 10.9 Å². The average Bonchev–Trinajstić information content (AvgIpc) is 2.91. The minimum absolute atomic E-state index is 0.0196. The maximum Gasteiger partial charge on any atom is 0.293 e. The van der Waals surface area contributed by atoms with Gasteiger partial charge in [-0.3, -0.25) is 9.59 Å². The van der Waals surface area contributed by atoms with Crippen LogP contribution in [0.5, 0.6) is 0 Å². The molecule has 0 bridgehead atoms. The number of anilines is 1. The second-order valence-electron chi connectivity index (χ2n) is 5.64. The number of benzene rings is 1. The summed E-state index contributed by atoms with van der Waals surface area (Å²) in [5.41, 5.74) is 3.36. The first-order chi connectivity index (χ1) is 11.5. The number of amides is 1. The van der Waals surface area contributed by atoms with Crippen LogP contribution in [0.15, 0.2) is 53.6 Å². The van der Waals surface area contributed by atoms with Gasteiger partial charge in [0.05, 0.1) is 0 Å². The molecule has 0 spiro atoms. The SMILES string of the molecule is Cc1ccc(C)n1-c1ccc(C(=O)Nc2nccn(C)c2=O)cc1. The Morgan fingerprint density at radius 3 is 2.29 bits per heavy atom. The average molecular weight is 322 g/mol. The van der Waals surface area contributed by atoms with Crippen LogP contribution >= 0.6 is 0 Å². The van der Waals surface area contributed by atoms with E-state index in [-0.39, 0.29) is 17.3 Å². The Hall–Kier alpha value is -3.15. The zero-order valence-corrected chi connectivity index (χ0v) is 13.8. The molecular weight excluding hydrogens is 304 g/mol. The van der Waals surface area contributed by atoms with E-state index >= 15 is 0 Å². The third kappa shape index (κ3) is 2.86. The molecule has 3 aromatic rings. The highest BCUT2D eigenvalue weighted by Crippen LogP contribution is 2.17. The van der Waals surface area contributed by atoms with Gasteiger partial charge in [-0.1, -0.05) is 0 Å². The second-order valence-corrected chi connectivity index (χ2v) is 5.64. The number of nitrogens with zero attached hydrogens (tertiary/aromatic N) is 3. The van der Waals surface area contributed by atoms with Crippen molar-refractivity contribution < 1.29 is 4.79 Å². The van der Waals surface area contributed by atoms with Gasteiger partial charge in [0.15, 0.2) is 5.82 Å². The van der Waals surface area contributed by atoms with Crippen molar-refractivity contribution in [3.8, 4) is 5.69 Å². The van der Waals surface area contributed by atoms with Crippen molar-refractivity contribution >= 4 is 11.7 Å². The highest BCUT2D eigenvalue weighted by Gasteiger charge is 2.11. The van der Waals surface area contributed by atoms with E-state index in [1.807, 2.05) is 38.1 Å². The van der Waals surface area contributed by atoms with Crippen molar-refractivity contribution in [3.63, 3.8) is 0 Å². The fraction of sp³-hybridized carbons (Fsp3) is 0.167. The third-order valence-corrected chi connectivity index (χ3v) is 3.91. The van der Waals surface area contributed by atoms with E-state index in [0.29, 0.717) is 5.56 Å². The van der Waals surface area contributed by atoms with Crippen LogP contribution in [0.25, 0.3) is 5.69 Å². The normalized spacial score (nSPS) is 10.6. The highest BCUT2D eigenvalue weighted by molar-refractivity contribution is 6.03. The molecule has 6 nitrogen and oxygen atoms in total. The second kappa shape index (κ2) is 6.16. The lowest BCUT2D eigenvalue weighted by Gasteiger charge is -2.10. The molecule has 1 amide bonds. The van der Waals surface area contributed by atoms with Gasteiger partial charge < -0.3 is 14.5 Å². The number of rotatable bonds is 3. The van der Waals surface area contributed by atoms with Gasteiger partial charge in [0.25, 0.3) is 11.5 Å². The maximum atomic E-state index is 12.3. The molecule has 24 heavy (non-hydrogen) atoms. The number of hydrogen-bond acceptors (Lipinski definition) is 3. The largest absolute Gasteiger partial charge is 0.319 e. The quantitative estimate of drug-likeness (QED) is 0.805. The lowest BCUT2D eigenvalue weighted by molar-refractivity contribution is 0.102. The van der Waals surface area contributed by atoms with Crippen molar-refractivity contribution in [2.75, 3.05) is 5.32 Å². The van der Waals surface area contributed by atoms with E-state index in [1.54, 1.807) is 19.2 Å². The molecule has 3 rings (SSSR count). The topological polar surface area (TPSA) is 68.9 Å². The zero-order valence-electron chi connectivity index (χ0n) is 13.8. The van der Waals surface area contributed by atoms with E-state index in [1.165, 1.54) is 17.0 Å². The smallest absolute Gasteiger partial charge is 0.293 e. The van der Waals surface area contributed by atoms with E-state index in [2.05, 4.69) is 14.9 Å². The molecule has 0 aliphatic heterocycles. The molecule has 0 aliphatic carbocycles. The molecule has 0 fully saturated rings. The number of aromatic nitrogens is 3. The number of nitrogens with one attached hydrogen (secondary N) is 1. The van der Waals surface area contributed by atoms with Gasteiger partial charge in [0.1, 0.15) is 0 Å². The van der Waals surface area contributed by atoms with Crippen molar-refractivity contribution in [3.05, 3.63) is 76.1 Å². The van der Waals surface area contributed by atoms with Crippen LogP contribution in [0.2, 0.25) is 0 Å². The summed E-state index contributed by atoms with van der Waals surface area (Å²) in [5.74, 6) is -0.343. The lowest BCUT2D eigenvalue weighted by Crippen LogP contribution is -2.25. The molecule has 0 saturated heterocycles. The Kier molecular flexibility index (Phi) is 4.04. The lowest BCUT2D eigenvalue weighted by atomic mass is 10.2. The molecule has 2 heterocycles. The zero-order chi connectivity index (χ0) is 17.3. The minimum Gasteiger partial charge on any atom is -0.319 e. The Balaban J connectivity index is 1.84. The fourth-order valence-electron chi connectivity index (χ4n) is 2.60. The summed E-state index contributed by atoms with van der Waals surface area (Å²) < 4.78 is 3.47. The molecule has 0 aliphatic rings. The van der Waals surface area contributed by atoms with Crippen molar-refractivity contribution in [2.24, 2.45) is 7.05 Å². The van der Waals surface area contributed by atoms with Gasteiger partial charge in [-0.2, -0.15) is 0 Å². The van der Waals surface area contributed by atoms with Crippen LogP contribution in [-0.2, 0) is 7.05 Å². The predicted octanol–water partition coefficient (Wildman–Crippen LogP) is 2.44.